The molecule has 1 aliphatic carbocycles. The van der Waals surface area contributed by atoms with E-state index < -0.39 is 10.0 Å². The smallest absolute Gasteiger partial charge is 0.309 e. The molecule has 10 heteroatoms. The Labute approximate surface area is 174 Å². The van der Waals surface area contributed by atoms with Crippen LogP contribution in [0.15, 0.2) is 20.2 Å². The van der Waals surface area contributed by atoms with Crippen LogP contribution in [0.1, 0.15) is 57.3 Å². The first-order valence-electron chi connectivity index (χ1n) is 10.1. The molecular weight excluding hydrogens is 414 g/mol. The Kier molecular flexibility index (Phi) is 6.03. The molecule has 0 unspecified atom stereocenters. The highest BCUT2D eigenvalue weighted by atomic mass is 32.2. The van der Waals surface area contributed by atoms with Crippen LogP contribution in [0, 0.1) is 5.92 Å². The highest BCUT2D eigenvalue weighted by molar-refractivity contribution is 7.91. The molecule has 8 nitrogen and oxygen atoms in total. The predicted octanol–water partition coefficient (Wildman–Crippen LogP) is 3.42. The second-order valence-electron chi connectivity index (χ2n) is 7.52. The highest BCUT2D eigenvalue weighted by Gasteiger charge is 2.34. The number of aromatic nitrogens is 2. The van der Waals surface area contributed by atoms with E-state index in [0.717, 1.165) is 24.2 Å². The minimum atomic E-state index is -3.61. The van der Waals surface area contributed by atoms with Crippen molar-refractivity contribution in [2.75, 3.05) is 19.7 Å². The van der Waals surface area contributed by atoms with E-state index in [1.165, 1.54) is 17.1 Å². The molecule has 1 aliphatic heterocycles. The summed E-state index contributed by atoms with van der Waals surface area (Å²) in [7, 11) is -3.61. The van der Waals surface area contributed by atoms with Crippen LogP contribution >= 0.6 is 11.3 Å². The van der Waals surface area contributed by atoms with Gasteiger partial charge in [0.15, 0.2) is 0 Å². The Balaban J connectivity index is 1.44. The van der Waals surface area contributed by atoms with Gasteiger partial charge in [0, 0.05) is 30.0 Å². The number of piperidine rings is 1. The zero-order chi connectivity index (χ0) is 20.4. The summed E-state index contributed by atoms with van der Waals surface area (Å²) in [4.78, 5) is 16.4. The molecule has 0 spiro atoms. The molecule has 2 aliphatic rings. The normalized spacial score (nSPS) is 19.6. The fourth-order valence-corrected chi connectivity index (χ4v) is 6.76. The van der Waals surface area contributed by atoms with Crippen molar-refractivity contribution in [2.45, 2.75) is 55.6 Å². The standard InChI is InChI=1S/C19H25N3O5S2/c1-2-26-19(23)14-7-9-22(10-8-14)29(24,25)16-11-15(12-28-16)17-20-18(27-21-17)13-5-3-4-6-13/h11-14H,2-10H2,1H3. The summed E-state index contributed by atoms with van der Waals surface area (Å²) < 4.78 is 38.2. The molecule has 0 atom stereocenters. The van der Waals surface area contributed by atoms with Crippen molar-refractivity contribution in [1.82, 2.24) is 14.4 Å². The van der Waals surface area contributed by atoms with Gasteiger partial charge < -0.3 is 9.26 Å². The summed E-state index contributed by atoms with van der Waals surface area (Å²) in [5.41, 5.74) is 0.656. The summed E-state index contributed by atoms with van der Waals surface area (Å²) in [6, 6.07) is 1.61. The third-order valence-corrected chi connectivity index (χ3v) is 8.96. The summed E-state index contributed by atoms with van der Waals surface area (Å²) in [6.07, 6.45) is 5.43. The largest absolute Gasteiger partial charge is 0.466 e. The van der Waals surface area contributed by atoms with Gasteiger partial charge >= 0.3 is 5.97 Å². The van der Waals surface area contributed by atoms with Crippen molar-refractivity contribution >= 4 is 27.3 Å². The first-order chi connectivity index (χ1) is 14.0. The van der Waals surface area contributed by atoms with Crippen LogP contribution in [0.25, 0.3) is 11.4 Å². The second-order valence-corrected chi connectivity index (χ2v) is 10.6. The zero-order valence-electron chi connectivity index (χ0n) is 16.4. The van der Waals surface area contributed by atoms with Gasteiger partial charge in [-0.3, -0.25) is 4.79 Å². The number of carbonyl (C=O) groups is 1. The number of carbonyl (C=O) groups excluding carboxylic acids is 1. The van der Waals surface area contributed by atoms with Crippen LogP contribution in [0.2, 0.25) is 0 Å². The molecule has 3 heterocycles. The number of esters is 1. The van der Waals surface area contributed by atoms with Crippen LogP contribution in [-0.4, -0.2) is 48.5 Å². The lowest BCUT2D eigenvalue weighted by atomic mass is 9.98. The monoisotopic (exact) mass is 439 g/mol. The van der Waals surface area contributed by atoms with Gasteiger partial charge in [0.25, 0.3) is 10.0 Å². The van der Waals surface area contributed by atoms with Crippen molar-refractivity contribution in [3.63, 3.8) is 0 Å². The molecule has 0 radical (unpaired) electrons. The maximum atomic E-state index is 13.0. The van der Waals surface area contributed by atoms with E-state index in [1.807, 2.05) is 0 Å². The molecule has 29 heavy (non-hydrogen) atoms. The van der Waals surface area contributed by atoms with E-state index in [1.54, 1.807) is 18.4 Å². The minimum absolute atomic E-state index is 0.228. The van der Waals surface area contributed by atoms with Gasteiger partial charge in [0.2, 0.25) is 11.7 Å². The van der Waals surface area contributed by atoms with Crippen LogP contribution in [0.4, 0.5) is 0 Å². The third-order valence-electron chi connectivity index (χ3n) is 5.65. The van der Waals surface area contributed by atoms with E-state index in [0.29, 0.717) is 55.7 Å². The van der Waals surface area contributed by atoms with Gasteiger partial charge in [0.05, 0.1) is 12.5 Å². The van der Waals surface area contributed by atoms with Crippen molar-refractivity contribution in [3.8, 4) is 11.4 Å². The average molecular weight is 440 g/mol. The Bertz CT molecular complexity index is 954. The maximum absolute atomic E-state index is 13.0. The Morgan fingerprint density at radius 1 is 1.28 bits per heavy atom. The van der Waals surface area contributed by atoms with E-state index in [4.69, 9.17) is 9.26 Å². The number of rotatable bonds is 6. The fraction of sp³-hybridized carbons (Fsp3) is 0.632. The molecule has 2 fully saturated rings. The van der Waals surface area contributed by atoms with Gasteiger partial charge in [-0.1, -0.05) is 18.0 Å². The molecule has 0 N–H and O–H groups in total. The fourth-order valence-electron chi connectivity index (χ4n) is 3.98. The molecule has 2 aromatic rings. The second kappa shape index (κ2) is 8.53. The molecular formula is C19H25N3O5S2. The number of nitrogens with zero attached hydrogens (tertiary/aromatic N) is 3. The maximum Gasteiger partial charge on any atom is 0.309 e. The van der Waals surface area contributed by atoms with Crippen LogP contribution in [0.5, 0.6) is 0 Å². The number of ether oxygens (including phenoxy) is 1. The van der Waals surface area contributed by atoms with Crippen molar-refractivity contribution in [1.29, 1.82) is 0 Å². The first-order valence-corrected chi connectivity index (χ1v) is 12.4. The molecule has 1 saturated heterocycles. The lowest BCUT2D eigenvalue weighted by Crippen LogP contribution is -2.40. The summed E-state index contributed by atoms with van der Waals surface area (Å²) in [5.74, 6) is 0.935. The lowest BCUT2D eigenvalue weighted by molar-refractivity contribution is -0.149. The SMILES string of the molecule is CCOC(=O)C1CCN(S(=O)(=O)c2cc(-c3noc(C4CCCC4)n3)cs2)CC1. The summed E-state index contributed by atoms with van der Waals surface area (Å²) in [6.45, 7) is 2.74. The predicted molar refractivity (Wildman–Crippen MR) is 107 cm³/mol. The van der Waals surface area contributed by atoms with Gasteiger partial charge in [-0.15, -0.1) is 11.3 Å². The van der Waals surface area contributed by atoms with Crippen LogP contribution < -0.4 is 0 Å². The molecule has 158 valence electrons. The van der Waals surface area contributed by atoms with Crippen molar-refractivity contribution in [3.05, 3.63) is 17.3 Å². The Hall–Kier alpha value is -1.78. The highest BCUT2D eigenvalue weighted by Crippen LogP contribution is 2.35. The van der Waals surface area contributed by atoms with Crippen molar-refractivity contribution < 1.29 is 22.5 Å². The quantitative estimate of drug-likeness (QED) is 0.635. The third kappa shape index (κ3) is 4.24. The molecule has 0 aromatic carbocycles. The molecule has 2 aromatic heterocycles. The van der Waals surface area contributed by atoms with Crippen LogP contribution in [-0.2, 0) is 19.6 Å². The van der Waals surface area contributed by atoms with Gasteiger partial charge in [0.1, 0.15) is 4.21 Å². The summed E-state index contributed by atoms with van der Waals surface area (Å²) >= 11 is 1.16. The number of sulfonamides is 1. The average Bonchev–Trinajstić information content (AvgIpc) is 3.49. The van der Waals surface area contributed by atoms with Crippen molar-refractivity contribution in [2.24, 2.45) is 5.92 Å². The molecule has 0 bridgehead atoms. The molecule has 0 amide bonds. The topological polar surface area (TPSA) is 103 Å². The van der Waals surface area contributed by atoms with Gasteiger partial charge in [-0.25, -0.2) is 8.42 Å². The number of hydrogen-bond acceptors (Lipinski definition) is 8. The van der Waals surface area contributed by atoms with Crippen LogP contribution in [0.3, 0.4) is 0 Å². The number of hydrogen-bond donors (Lipinski definition) is 0. The molecule has 1 saturated carbocycles. The Morgan fingerprint density at radius 2 is 2.00 bits per heavy atom. The lowest BCUT2D eigenvalue weighted by Gasteiger charge is -2.29. The molecule has 4 rings (SSSR count). The Morgan fingerprint density at radius 3 is 2.69 bits per heavy atom. The van der Waals surface area contributed by atoms with E-state index >= 15 is 0 Å². The van der Waals surface area contributed by atoms with Gasteiger partial charge in [-0.05, 0) is 38.7 Å². The van der Waals surface area contributed by atoms with E-state index in [-0.39, 0.29) is 16.1 Å². The summed E-state index contributed by atoms with van der Waals surface area (Å²) in [5, 5.41) is 5.80. The number of thiophene rings is 1. The first kappa shape index (κ1) is 20.5. The minimum Gasteiger partial charge on any atom is -0.466 e. The van der Waals surface area contributed by atoms with Gasteiger partial charge in [-0.2, -0.15) is 9.29 Å². The zero-order valence-corrected chi connectivity index (χ0v) is 18.0. The van der Waals surface area contributed by atoms with E-state index in [9.17, 15) is 13.2 Å². The van der Waals surface area contributed by atoms with E-state index in [2.05, 4.69) is 10.1 Å².